The van der Waals surface area contributed by atoms with E-state index < -0.39 is 5.97 Å². The van der Waals surface area contributed by atoms with Crippen LogP contribution in [0.15, 0.2) is 30.3 Å². The lowest BCUT2D eigenvalue weighted by atomic mass is 10.0. The number of hydrogen-bond acceptors (Lipinski definition) is 3. The van der Waals surface area contributed by atoms with Crippen LogP contribution in [0.25, 0.3) is 0 Å². The number of carbonyl (C=O) groups excluding carboxylic acids is 1. The van der Waals surface area contributed by atoms with Crippen molar-refractivity contribution in [3.63, 3.8) is 0 Å². The molecule has 1 unspecified atom stereocenters. The van der Waals surface area contributed by atoms with Crippen molar-refractivity contribution in [2.75, 3.05) is 12.3 Å². The highest BCUT2D eigenvalue weighted by Gasteiger charge is 2.14. The predicted octanol–water partition coefficient (Wildman–Crippen LogP) is 2.90. The Morgan fingerprint density at radius 3 is 2.52 bits per heavy atom. The van der Waals surface area contributed by atoms with Gasteiger partial charge in [-0.25, -0.2) is 4.79 Å². The predicted molar refractivity (Wildman–Crippen MR) is 94.9 cm³/mol. The number of hydrogen-bond donors (Lipinski definition) is 3. The lowest BCUT2D eigenvalue weighted by molar-refractivity contribution is -0.137. The third-order valence-electron chi connectivity index (χ3n) is 3.21. The average Bonchev–Trinajstić information content (AvgIpc) is 2.50. The van der Waals surface area contributed by atoms with Crippen LogP contribution in [-0.2, 0) is 11.2 Å². The molecule has 0 saturated carbocycles. The van der Waals surface area contributed by atoms with E-state index in [0.29, 0.717) is 24.6 Å². The molecule has 1 atom stereocenters. The molecule has 2 amide bonds. The largest absolute Gasteiger partial charge is 0.481 e. The van der Waals surface area contributed by atoms with E-state index in [2.05, 4.69) is 24.5 Å². The molecule has 0 bridgehead atoms. The molecule has 23 heavy (non-hydrogen) atoms. The number of aliphatic carboxylic acids is 1. The van der Waals surface area contributed by atoms with Crippen LogP contribution in [0.1, 0.15) is 32.3 Å². The standard InChI is InChI=1S/C17H26N2O3S/c1-13(2)23-11-10-18-17(22)19-15(8-9-16(20)21)12-14-6-4-3-5-7-14/h3-7,13,15H,8-12H2,1-2H3,(H,20,21)(H2,18,19,22). The van der Waals surface area contributed by atoms with Gasteiger partial charge < -0.3 is 15.7 Å². The van der Waals surface area contributed by atoms with Crippen molar-refractivity contribution in [1.82, 2.24) is 10.6 Å². The number of benzene rings is 1. The van der Waals surface area contributed by atoms with E-state index in [9.17, 15) is 9.59 Å². The first-order valence-corrected chi connectivity index (χ1v) is 8.94. The monoisotopic (exact) mass is 338 g/mol. The summed E-state index contributed by atoms with van der Waals surface area (Å²) in [6.07, 6.45) is 1.08. The maximum Gasteiger partial charge on any atom is 0.315 e. The van der Waals surface area contributed by atoms with Crippen LogP contribution >= 0.6 is 11.8 Å². The summed E-state index contributed by atoms with van der Waals surface area (Å²) in [5.41, 5.74) is 1.08. The van der Waals surface area contributed by atoms with Crippen molar-refractivity contribution in [1.29, 1.82) is 0 Å². The molecule has 5 nitrogen and oxygen atoms in total. The van der Waals surface area contributed by atoms with Gasteiger partial charge >= 0.3 is 12.0 Å². The summed E-state index contributed by atoms with van der Waals surface area (Å²) in [5, 5.41) is 15.1. The fourth-order valence-corrected chi connectivity index (χ4v) is 2.81. The Balaban J connectivity index is 2.44. The van der Waals surface area contributed by atoms with Gasteiger partial charge in [-0.1, -0.05) is 44.2 Å². The van der Waals surface area contributed by atoms with Gasteiger partial charge in [0.25, 0.3) is 0 Å². The molecule has 6 heteroatoms. The molecule has 3 N–H and O–H groups in total. The maximum atomic E-state index is 12.0. The minimum absolute atomic E-state index is 0.0426. The molecule has 1 aromatic carbocycles. The summed E-state index contributed by atoms with van der Waals surface area (Å²) in [5.74, 6) is 0.0161. The molecule has 1 rings (SSSR count). The Kier molecular flexibility index (Phi) is 9.21. The Bertz CT molecular complexity index is 480. The summed E-state index contributed by atoms with van der Waals surface area (Å²) in [7, 11) is 0. The molecular formula is C17H26N2O3S. The molecule has 0 aliphatic carbocycles. The highest BCUT2D eigenvalue weighted by molar-refractivity contribution is 7.99. The summed E-state index contributed by atoms with van der Waals surface area (Å²) < 4.78 is 0. The second kappa shape index (κ2) is 10.9. The number of rotatable bonds is 10. The Morgan fingerprint density at radius 2 is 1.91 bits per heavy atom. The highest BCUT2D eigenvalue weighted by atomic mass is 32.2. The van der Waals surface area contributed by atoms with Crippen molar-refractivity contribution < 1.29 is 14.7 Å². The first-order valence-electron chi connectivity index (χ1n) is 7.89. The van der Waals surface area contributed by atoms with E-state index in [-0.39, 0.29) is 18.5 Å². The highest BCUT2D eigenvalue weighted by Crippen LogP contribution is 2.09. The van der Waals surface area contributed by atoms with E-state index in [4.69, 9.17) is 5.11 Å². The second-order valence-corrected chi connectivity index (χ2v) is 7.32. The van der Waals surface area contributed by atoms with Crippen molar-refractivity contribution in [3.8, 4) is 0 Å². The Hall–Kier alpha value is -1.69. The number of carbonyl (C=O) groups is 2. The smallest absolute Gasteiger partial charge is 0.315 e. The third-order valence-corrected chi connectivity index (χ3v) is 4.31. The van der Waals surface area contributed by atoms with E-state index in [1.165, 1.54) is 0 Å². The number of amides is 2. The number of urea groups is 1. The third kappa shape index (κ3) is 9.84. The molecule has 0 spiro atoms. The van der Waals surface area contributed by atoms with Crippen LogP contribution < -0.4 is 10.6 Å². The summed E-state index contributed by atoms with van der Waals surface area (Å²) in [4.78, 5) is 22.7. The van der Waals surface area contributed by atoms with Gasteiger partial charge in [-0.05, 0) is 23.7 Å². The molecule has 0 radical (unpaired) electrons. The maximum absolute atomic E-state index is 12.0. The Morgan fingerprint density at radius 1 is 1.22 bits per heavy atom. The van der Waals surface area contributed by atoms with Crippen LogP contribution in [0.3, 0.4) is 0 Å². The zero-order valence-electron chi connectivity index (χ0n) is 13.7. The molecule has 1 aromatic rings. The van der Waals surface area contributed by atoms with Gasteiger partial charge in [-0.15, -0.1) is 0 Å². The van der Waals surface area contributed by atoms with Gasteiger partial charge in [0, 0.05) is 24.8 Å². The lowest BCUT2D eigenvalue weighted by Gasteiger charge is -2.19. The first-order chi connectivity index (χ1) is 11.0. The number of carboxylic acids is 1. The fraction of sp³-hybridized carbons (Fsp3) is 0.529. The number of carboxylic acid groups (broad SMARTS) is 1. The molecule has 0 aromatic heterocycles. The van der Waals surface area contributed by atoms with Crippen LogP contribution in [0.2, 0.25) is 0 Å². The van der Waals surface area contributed by atoms with Gasteiger partial charge in [-0.3, -0.25) is 4.79 Å². The molecule has 0 aliphatic rings. The van der Waals surface area contributed by atoms with Crippen molar-refractivity contribution in [2.45, 2.75) is 44.4 Å². The normalized spacial score (nSPS) is 12.0. The van der Waals surface area contributed by atoms with E-state index in [1.807, 2.05) is 30.3 Å². The quantitative estimate of drug-likeness (QED) is 0.573. The van der Waals surface area contributed by atoms with Gasteiger partial charge in [0.05, 0.1) is 0 Å². The van der Waals surface area contributed by atoms with Crippen molar-refractivity contribution in [2.24, 2.45) is 0 Å². The minimum atomic E-state index is -0.849. The molecule has 128 valence electrons. The lowest BCUT2D eigenvalue weighted by Crippen LogP contribution is -2.44. The summed E-state index contributed by atoms with van der Waals surface area (Å²) >= 11 is 1.79. The zero-order chi connectivity index (χ0) is 17.1. The minimum Gasteiger partial charge on any atom is -0.481 e. The zero-order valence-corrected chi connectivity index (χ0v) is 14.6. The molecular weight excluding hydrogens is 312 g/mol. The molecule has 0 saturated heterocycles. The van der Waals surface area contributed by atoms with E-state index in [0.717, 1.165) is 11.3 Å². The van der Waals surface area contributed by atoms with Crippen LogP contribution in [0.4, 0.5) is 4.79 Å². The fourth-order valence-electron chi connectivity index (χ4n) is 2.12. The molecule has 0 aliphatic heterocycles. The van der Waals surface area contributed by atoms with Crippen LogP contribution in [0, 0.1) is 0 Å². The second-order valence-electron chi connectivity index (χ2n) is 5.64. The van der Waals surface area contributed by atoms with Crippen LogP contribution in [-0.4, -0.2) is 40.7 Å². The van der Waals surface area contributed by atoms with Gasteiger partial charge in [0.2, 0.25) is 0 Å². The topological polar surface area (TPSA) is 78.4 Å². The van der Waals surface area contributed by atoms with Crippen molar-refractivity contribution >= 4 is 23.8 Å². The van der Waals surface area contributed by atoms with E-state index >= 15 is 0 Å². The average molecular weight is 338 g/mol. The van der Waals surface area contributed by atoms with Crippen molar-refractivity contribution in [3.05, 3.63) is 35.9 Å². The van der Waals surface area contributed by atoms with Gasteiger partial charge in [-0.2, -0.15) is 11.8 Å². The molecule has 0 heterocycles. The summed E-state index contributed by atoms with van der Waals surface area (Å²) in [6.45, 7) is 4.84. The van der Waals surface area contributed by atoms with Gasteiger partial charge in [0.15, 0.2) is 0 Å². The number of nitrogens with one attached hydrogen (secondary N) is 2. The summed E-state index contributed by atoms with van der Waals surface area (Å²) in [6, 6.07) is 9.34. The first kappa shape index (κ1) is 19.4. The number of thioether (sulfide) groups is 1. The SMILES string of the molecule is CC(C)SCCNC(=O)NC(CCC(=O)O)Cc1ccccc1. The van der Waals surface area contributed by atoms with Gasteiger partial charge in [0.1, 0.15) is 0 Å². The molecule has 0 fully saturated rings. The van der Waals surface area contributed by atoms with E-state index in [1.54, 1.807) is 11.8 Å². The van der Waals surface area contributed by atoms with Crippen LogP contribution in [0.5, 0.6) is 0 Å². The Labute approximate surface area is 142 Å².